The first-order chi connectivity index (χ1) is 12.0. The summed E-state index contributed by atoms with van der Waals surface area (Å²) < 4.78 is 4.65. The van der Waals surface area contributed by atoms with Crippen molar-refractivity contribution in [3.63, 3.8) is 0 Å². The van der Waals surface area contributed by atoms with Crippen molar-refractivity contribution in [1.82, 2.24) is 23.6 Å². The molecule has 0 saturated carbocycles. The van der Waals surface area contributed by atoms with Crippen LogP contribution in [0.25, 0.3) is 11.2 Å². The van der Waals surface area contributed by atoms with E-state index in [9.17, 15) is 9.59 Å². The zero-order valence-electron chi connectivity index (χ0n) is 15.7. The number of imidazole rings is 1. The van der Waals surface area contributed by atoms with Gasteiger partial charge in [-0.15, -0.1) is 0 Å². The van der Waals surface area contributed by atoms with Crippen molar-refractivity contribution < 1.29 is 0 Å². The Kier molecular flexibility index (Phi) is 4.99. The van der Waals surface area contributed by atoms with Crippen LogP contribution in [-0.2, 0) is 20.6 Å². The van der Waals surface area contributed by atoms with E-state index in [2.05, 4.69) is 23.6 Å². The molecule has 1 aliphatic rings. The summed E-state index contributed by atoms with van der Waals surface area (Å²) in [5, 5.41) is 0. The standard InChI is InChI=1S/C17H28N6O2/c1-5-21(6-2)11-12-22-9-7-8-10-23-13-14(18-16(22)23)19(3)17(25)20(4)15(13)24/h5-12H2,1-4H3. The third kappa shape index (κ3) is 2.99. The molecule has 138 valence electrons. The van der Waals surface area contributed by atoms with Gasteiger partial charge < -0.3 is 14.4 Å². The first kappa shape index (κ1) is 17.7. The van der Waals surface area contributed by atoms with E-state index >= 15 is 0 Å². The van der Waals surface area contributed by atoms with Gasteiger partial charge in [0.1, 0.15) is 0 Å². The predicted octanol–water partition coefficient (Wildman–Crippen LogP) is 0.376. The molecule has 25 heavy (non-hydrogen) atoms. The molecule has 0 unspecified atom stereocenters. The highest BCUT2D eigenvalue weighted by atomic mass is 16.2. The largest absolute Gasteiger partial charge is 0.341 e. The number of hydrogen-bond acceptors (Lipinski definition) is 5. The van der Waals surface area contributed by atoms with Gasteiger partial charge in [-0.05, 0) is 25.9 Å². The molecule has 3 rings (SSSR count). The fraction of sp³-hybridized carbons (Fsp3) is 0.706. The van der Waals surface area contributed by atoms with Crippen LogP contribution in [0, 0.1) is 0 Å². The third-order valence-corrected chi connectivity index (χ3v) is 5.25. The summed E-state index contributed by atoms with van der Waals surface area (Å²) in [6.07, 6.45) is 2.08. The molecule has 8 nitrogen and oxygen atoms in total. The van der Waals surface area contributed by atoms with Gasteiger partial charge in [0, 0.05) is 40.3 Å². The van der Waals surface area contributed by atoms with E-state index in [0.29, 0.717) is 11.2 Å². The van der Waals surface area contributed by atoms with Crippen LogP contribution in [0.1, 0.15) is 26.7 Å². The van der Waals surface area contributed by atoms with Crippen molar-refractivity contribution in [1.29, 1.82) is 0 Å². The average molecular weight is 348 g/mol. The van der Waals surface area contributed by atoms with E-state index in [1.807, 2.05) is 4.57 Å². The van der Waals surface area contributed by atoms with Crippen molar-refractivity contribution in [3.8, 4) is 0 Å². The van der Waals surface area contributed by atoms with Gasteiger partial charge in [-0.3, -0.25) is 13.9 Å². The average Bonchev–Trinajstić information content (AvgIpc) is 2.89. The Bertz CT molecular complexity index is 874. The third-order valence-electron chi connectivity index (χ3n) is 5.25. The molecule has 2 aromatic heterocycles. The number of likely N-dealkylation sites (N-methyl/N-ethyl adjacent to an activating group) is 1. The number of anilines is 1. The highest BCUT2D eigenvalue weighted by Crippen LogP contribution is 2.23. The minimum atomic E-state index is -0.333. The molecule has 2 aromatic rings. The van der Waals surface area contributed by atoms with E-state index in [1.165, 1.54) is 16.2 Å². The lowest BCUT2D eigenvalue weighted by Crippen LogP contribution is -2.37. The van der Waals surface area contributed by atoms with Gasteiger partial charge in [-0.25, -0.2) is 4.79 Å². The lowest BCUT2D eigenvalue weighted by molar-refractivity contribution is 0.309. The first-order valence-corrected chi connectivity index (χ1v) is 9.13. The van der Waals surface area contributed by atoms with Crippen molar-refractivity contribution in [2.45, 2.75) is 33.2 Å². The Hall–Kier alpha value is -2.09. The van der Waals surface area contributed by atoms with Gasteiger partial charge >= 0.3 is 5.69 Å². The molecule has 8 heteroatoms. The van der Waals surface area contributed by atoms with Crippen molar-refractivity contribution in [3.05, 3.63) is 20.8 Å². The Morgan fingerprint density at radius 2 is 1.72 bits per heavy atom. The van der Waals surface area contributed by atoms with Gasteiger partial charge in [0.15, 0.2) is 11.2 Å². The number of aromatic nitrogens is 4. The van der Waals surface area contributed by atoms with Crippen LogP contribution in [-0.4, -0.2) is 56.3 Å². The smallest absolute Gasteiger partial charge is 0.332 e. The highest BCUT2D eigenvalue weighted by Gasteiger charge is 2.24. The number of rotatable bonds is 5. The maximum Gasteiger partial charge on any atom is 0.332 e. The molecule has 0 amide bonds. The van der Waals surface area contributed by atoms with Gasteiger partial charge in [-0.1, -0.05) is 13.8 Å². The number of hydrogen-bond donors (Lipinski definition) is 0. The van der Waals surface area contributed by atoms with Crippen molar-refractivity contribution in [2.75, 3.05) is 37.6 Å². The maximum absolute atomic E-state index is 12.7. The normalized spacial score (nSPS) is 15.0. The van der Waals surface area contributed by atoms with E-state index in [-0.39, 0.29) is 11.2 Å². The maximum atomic E-state index is 12.7. The minimum absolute atomic E-state index is 0.262. The Morgan fingerprint density at radius 1 is 1.04 bits per heavy atom. The lowest BCUT2D eigenvalue weighted by atomic mass is 10.3. The molecule has 0 aliphatic carbocycles. The molecule has 3 heterocycles. The summed E-state index contributed by atoms with van der Waals surface area (Å²) in [5.74, 6) is 0.818. The Balaban J connectivity index is 2.09. The topological polar surface area (TPSA) is 68.3 Å². The Morgan fingerprint density at radius 3 is 2.40 bits per heavy atom. The van der Waals surface area contributed by atoms with E-state index < -0.39 is 0 Å². The van der Waals surface area contributed by atoms with Crippen LogP contribution in [0.4, 0.5) is 5.95 Å². The van der Waals surface area contributed by atoms with Gasteiger partial charge in [0.25, 0.3) is 5.56 Å². The van der Waals surface area contributed by atoms with Crippen molar-refractivity contribution >= 4 is 17.1 Å². The second kappa shape index (κ2) is 7.03. The fourth-order valence-electron chi connectivity index (χ4n) is 3.57. The second-order valence-electron chi connectivity index (χ2n) is 6.66. The second-order valence-corrected chi connectivity index (χ2v) is 6.66. The van der Waals surface area contributed by atoms with Crippen molar-refractivity contribution in [2.24, 2.45) is 14.1 Å². The predicted molar refractivity (Wildman–Crippen MR) is 99.5 cm³/mol. The zero-order chi connectivity index (χ0) is 18.1. The van der Waals surface area contributed by atoms with Gasteiger partial charge in [0.2, 0.25) is 5.95 Å². The summed E-state index contributed by atoms with van der Waals surface area (Å²) in [4.78, 5) is 34.2. The van der Waals surface area contributed by atoms with Crippen LogP contribution in [0.3, 0.4) is 0 Å². The van der Waals surface area contributed by atoms with Crippen LogP contribution in [0.15, 0.2) is 9.59 Å². The lowest BCUT2D eigenvalue weighted by Gasteiger charge is -2.26. The summed E-state index contributed by atoms with van der Waals surface area (Å²) in [6.45, 7) is 9.92. The van der Waals surface area contributed by atoms with Gasteiger partial charge in [-0.2, -0.15) is 4.98 Å². The number of aryl methyl sites for hydroxylation is 2. The van der Waals surface area contributed by atoms with Crippen LogP contribution >= 0.6 is 0 Å². The quantitative estimate of drug-likeness (QED) is 0.781. The van der Waals surface area contributed by atoms with Crippen LogP contribution < -0.4 is 16.1 Å². The highest BCUT2D eigenvalue weighted by molar-refractivity contribution is 5.74. The molecular formula is C17H28N6O2. The van der Waals surface area contributed by atoms with Crippen LogP contribution in [0.2, 0.25) is 0 Å². The molecule has 0 aromatic carbocycles. The molecule has 0 spiro atoms. The first-order valence-electron chi connectivity index (χ1n) is 9.13. The van der Waals surface area contributed by atoms with Crippen LogP contribution in [0.5, 0.6) is 0 Å². The molecule has 0 fully saturated rings. The zero-order valence-corrected chi connectivity index (χ0v) is 15.7. The van der Waals surface area contributed by atoms with Gasteiger partial charge in [0.05, 0.1) is 0 Å². The molecular weight excluding hydrogens is 320 g/mol. The monoisotopic (exact) mass is 348 g/mol. The molecule has 1 aliphatic heterocycles. The summed E-state index contributed by atoms with van der Waals surface area (Å²) in [5.41, 5.74) is 0.426. The SMILES string of the molecule is CCN(CC)CCN1CCCCn2c1nc1c2c(=O)n(C)c(=O)n1C. The van der Waals surface area contributed by atoms with E-state index in [4.69, 9.17) is 4.98 Å². The summed E-state index contributed by atoms with van der Waals surface area (Å²) in [7, 11) is 3.20. The number of nitrogens with zero attached hydrogens (tertiary/aromatic N) is 6. The molecule has 0 saturated heterocycles. The summed E-state index contributed by atoms with van der Waals surface area (Å²) >= 11 is 0. The molecule has 0 bridgehead atoms. The van der Waals surface area contributed by atoms with E-state index in [1.54, 1.807) is 7.05 Å². The minimum Gasteiger partial charge on any atom is -0.341 e. The fourth-order valence-corrected chi connectivity index (χ4v) is 3.57. The number of fused-ring (bicyclic) bond motifs is 3. The molecule has 0 radical (unpaired) electrons. The molecule has 0 N–H and O–H groups in total. The Labute approximate surface area is 147 Å². The molecule has 0 atom stereocenters. The van der Waals surface area contributed by atoms with E-state index in [0.717, 1.165) is 58.1 Å². The summed E-state index contributed by atoms with van der Waals surface area (Å²) in [6, 6.07) is 0.